The zero-order valence-corrected chi connectivity index (χ0v) is 18.1. The molecular formula is C17H35ClN2O6. The van der Waals surface area contributed by atoms with Gasteiger partial charge in [0.25, 0.3) is 0 Å². The van der Waals surface area contributed by atoms with Crippen LogP contribution >= 0.6 is 12.4 Å². The van der Waals surface area contributed by atoms with Crippen molar-refractivity contribution in [2.24, 2.45) is 17.6 Å². The van der Waals surface area contributed by atoms with Crippen molar-refractivity contribution in [3.05, 3.63) is 0 Å². The maximum absolute atomic E-state index is 11.5. The summed E-state index contributed by atoms with van der Waals surface area (Å²) >= 11 is 0. The molecule has 0 aliphatic heterocycles. The van der Waals surface area contributed by atoms with Gasteiger partial charge in [0.05, 0.1) is 14.2 Å². The molecule has 0 aliphatic rings. The van der Waals surface area contributed by atoms with Crippen LogP contribution in [0.2, 0.25) is 0 Å². The Morgan fingerprint density at radius 3 is 1.54 bits per heavy atom. The molecule has 156 valence electrons. The molecule has 0 aromatic rings. The van der Waals surface area contributed by atoms with Gasteiger partial charge in [0.2, 0.25) is 0 Å². The topological polar surface area (TPSA) is 117 Å². The van der Waals surface area contributed by atoms with Crippen molar-refractivity contribution in [3.8, 4) is 0 Å². The molecule has 8 nitrogen and oxygen atoms in total. The Labute approximate surface area is 162 Å². The fourth-order valence-electron chi connectivity index (χ4n) is 1.47. The number of hydrogen-bond acceptors (Lipinski definition) is 7. The van der Waals surface area contributed by atoms with Gasteiger partial charge in [-0.05, 0) is 32.6 Å². The Bertz CT molecular complexity index is 435. The van der Waals surface area contributed by atoms with Gasteiger partial charge in [0.1, 0.15) is 17.7 Å². The van der Waals surface area contributed by atoms with E-state index in [0.717, 1.165) is 0 Å². The molecule has 26 heavy (non-hydrogen) atoms. The lowest BCUT2D eigenvalue weighted by Gasteiger charge is -2.24. The van der Waals surface area contributed by atoms with Crippen LogP contribution < -0.4 is 11.1 Å². The Kier molecular flexibility index (Phi) is 15.3. The minimum Gasteiger partial charge on any atom is -0.468 e. The van der Waals surface area contributed by atoms with Crippen molar-refractivity contribution < 1.29 is 28.6 Å². The third kappa shape index (κ3) is 13.7. The molecule has 0 aromatic carbocycles. The first-order valence-corrected chi connectivity index (χ1v) is 8.17. The lowest BCUT2D eigenvalue weighted by molar-refractivity contribution is -0.144. The number of halogens is 1. The lowest BCUT2D eigenvalue weighted by atomic mass is 10.1. The van der Waals surface area contributed by atoms with E-state index in [2.05, 4.69) is 14.8 Å². The van der Waals surface area contributed by atoms with Gasteiger partial charge in [-0.25, -0.2) is 9.59 Å². The van der Waals surface area contributed by atoms with Gasteiger partial charge < -0.3 is 25.3 Å². The summed E-state index contributed by atoms with van der Waals surface area (Å²) in [6, 6.07) is -1.16. The van der Waals surface area contributed by atoms with Crippen LogP contribution in [0.3, 0.4) is 0 Å². The summed E-state index contributed by atoms with van der Waals surface area (Å²) in [7, 11) is 2.62. The number of carbonyl (C=O) groups excluding carboxylic acids is 3. The maximum atomic E-state index is 11.5. The molecule has 0 aliphatic carbocycles. The summed E-state index contributed by atoms with van der Waals surface area (Å²) in [5.41, 5.74) is 4.81. The zero-order valence-electron chi connectivity index (χ0n) is 17.2. The fraction of sp³-hybridized carbons (Fsp3) is 0.824. The summed E-state index contributed by atoms with van der Waals surface area (Å²) in [5.74, 6) is -0.719. The lowest BCUT2D eigenvalue weighted by Crippen LogP contribution is -2.46. The minimum absolute atomic E-state index is 0. The van der Waals surface area contributed by atoms with Crippen molar-refractivity contribution in [1.82, 2.24) is 5.32 Å². The van der Waals surface area contributed by atoms with Gasteiger partial charge in [-0.15, -0.1) is 12.4 Å². The average molecular weight is 399 g/mol. The number of ether oxygens (including phenoxy) is 3. The van der Waals surface area contributed by atoms with E-state index in [1.807, 2.05) is 27.7 Å². The first kappa shape index (κ1) is 29.2. The fourth-order valence-corrected chi connectivity index (χ4v) is 1.47. The number of methoxy groups -OCH3 is 2. The molecule has 0 bridgehead atoms. The number of rotatable bonds is 5. The van der Waals surface area contributed by atoms with E-state index in [1.165, 1.54) is 14.2 Å². The van der Waals surface area contributed by atoms with Crippen molar-refractivity contribution in [2.75, 3.05) is 14.2 Å². The van der Waals surface area contributed by atoms with E-state index < -0.39 is 29.7 Å². The van der Waals surface area contributed by atoms with Crippen LogP contribution in [0.15, 0.2) is 0 Å². The Balaban J connectivity index is -0.000000453. The second kappa shape index (κ2) is 13.6. The summed E-state index contributed by atoms with van der Waals surface area (Å²) < 4.78 is 14.1. The molecule has 9 heteroatoms. The number of alkyl carbamates (subject to hydrolysis) is 1. The molecule has 0 radical (unpaired) electrons. The number of amides is 1. The Hall–Kier alpha value is -1.54. The number of nitrogens with one attached hydrogen (secondary N) is 1. The van der Waals surface area contributed by atoms with Crippen LogP contribution in [0.25, 0.3) is 0 Å². The highest BCUT2D eigenvalue weighted by molar-refractivity contribution is 5.85. The summed E-state index contributed by atoms with van der Waals surface area (Å²) in [6.07, 6.45) is -0.614. The summed E-state index contributed by atoms with van der Waals surface area (Å²) in [5, 5.41) is 2.49. The molecule has 0 unspecified atom stereocenters. The van der Waals surface area contributed by atoms with E-state index in [-0.39, 0.29) is 30.2 Å². The number of carbonyl (C=O) groups is 3. The molecule has 0 rings (SSSR count). The molecule has 3 N–H and O–H groups in total. The highest BCUT2D eigenvalue weighted by atomic mass is 35.5. The highest BCUT2D eigenvalue weighted by Gasteiger charge is 2.27. The molecule has 0 saturated heterocycles. The van der Waals surface area contributed by atoms with E-state index in [9.17, 15) is 14.4 Å². The smallest absolute Gasteiger partial charge is 0.408 e. The summed E-state index contributed by atoms with van der Waals surface area (Å²) in [4.78, 5) is 33.4. The van der Waals surface area contributed by atoms with Gasteiger partial charge in [-0.1, -0.05) is 27.7 Å². The van der Waals surface area contributed by atoms with Gasteiger partial charge in [0.15, 0.2) is 0 Å². The zero-order chi connectivity index (χ0) is 20.4. The molecule has 1 amide bonds. The molecule has 0 fully saturated rings. The Morgan fingerprint density at radius 2 is 1.31 bits per heavy atom. The highest BCUT2D eigenvalue weighted by Crippen LogP contribution is 2.09. The van der Waals surface area contributed by atoms with Crippen LogP contribution in [0.1, 0.15) is 48.5 Å². The van der Waals surface area contributed by atoms with Gasteiger partial charge in [0, 0.05) is 0 Å². The molecule has 0 aromatic heterocycles. The number of hydrogen-bond donors (Lipinski definition) is 2. The predicted molar refractivity (Wildman–Crippen MR) is 102 cm³/mol. The predicted octanol–water partition coefficient (Wildman–Crippen LogP) is 2.27. The van der Waals surface area contributed by atoms with Crippen molar-refractivity contribution >= 4 is 30.4 Å². The van der Waals surface area contributed by atoms with E-state index >= 15 is 0 Å². The third-order valence-corrected chi connectivity index (χ3v) is 2.99. The monoisotopic (exact) mass is 398 g/mol. The first-order valence-electron chi connectivity index (χ1n) is 8.17. The van der Waals surface area contributed by atoms with Gasteiger partial charge in [-0.3, -0.25) is 4.79 Å². The Morgan fingerprint density at radius 1 is 0.885 bits per heavy atom. The quantitative estimate of drug-likeness (QED) is 0.538. The van der Waals surface area contributed by atoms with Crippen molar-refractivity contribution in [3.63, 3.8) is 0 Å². The van der Waals surface area contributed by atoms with Crippen LogP contribution in [-0.4, -0.2) is 49.9 Å². The van der Waals surface area contributed by atoms with E-state index in [1.54, 1.807) is 20.8 Å². The summed E-state index contributed by atoms with van der Waals surface area (Å²) in [6.45, 7) is 12.7. The minimum atomic E-state index is -0.681. The van der Waals surface area contributed by atoms with Crippen LogP contribution in [-0.2, 0) is 23.8 Å². The largest absolute Gasteiger partial charge is 0.468 e. The van der Waals surface area contributed by atoms with Crippen LogP contribution in [0.5, 0.6) is 0 Å². The van der Waals surface area contributed by atoms with E-state index in [4.69, 9.17) is 10.5 Å². The second-order valence-corrected chi connectivity index (χ2v) is 7.18. The van der Waals surface area contributed by atoms with Crippen LogP contribution in [0.4, 0.5) is 4.79 Å². The average Bonchev–Trinajstić information content (AvgIpc) is 2.48. The number of nitrogens with two attached hydrogens (primary N) is 1. The molecule has 2 atom stereocenters. The van der Waals surface area contributed by atoms with Crippen molar-refractivity contribution in [2.45, 2.75) is 66.2 Å². The van der Waals surface area contributed by atoms with Gasteiger partial charge >= 0.3 is 18.0 Å². The molecule has 0 spiro atoms. The van der Waals surface area contributed by atoms with Crippen LogP contribution in [0, 0.1) is 11.8 Å². The third-order valence-electron chi connectivity index (χ3n) is 2.99. The molecule has 0 saturated carbocycles. The normalized spacial score (nSPS) is 12.8. The molecule has 0 heterocycles. The second-order valence-electron chi connectivity index (χ2n) is 7.18. The number of esters is 2. The first-order chi connectivity index (χ1) is 11.3. The van der Waals surface area contributed by atoms with Gasteiger partial charge in [-0.2, -0.15) is 0 Å². The maximum Gasteiger partial charge on any atom is 0.408 e. The van der Waals surface area contributed by atoms with Crippen molar-refractivity contribution in [1.29, 1.82) is 0 Å². The van der Waals surface area contributed by atoms with E-state index in [0.29, 0.717) is 0 Å². The molecular weight excluding hydrogens is 364 g/mol. The standard InChI is InChI=1S/C11H21NO4.C6H13NO2.ClH/c1-7(2)8(9(13)15-6)12-10(14)16-11(3,4)5;1-4(2)5(7)6(8)9-3;/h7-8H,1-6H3,(H,12,14);4-5H,7H2,1-3H3;1H/t8-;5-;/m11./s1. The SMILES string of the molecule is COC(=O)[C@H](N)C(C)C.COC(=O)[C@H](NC(=O)OC(C)(C)C)C(C)C.Cl.